The number of likely N-dealkylation sites (N-methyl/N-ethyl adjacent to an activating group) is 2. The Morgan fingerprint density at radius 3 is 2.20 bits per heavy atom. The molecule has 6 rings (SSSR count). The molecule has 4 N–H and O–H groups in total. The standard InChI is InChI=1S/C37H48N8O4/c1-25-32(39-26(2)34(25)37(48)41-49-20-19-44-15-11-42(3)12-16-44)22-31-30-10-7-28(21-33(30)40-36(31)47)23-38-35(46)29-8-5-27(6-9-29)24-45-17-13-43(4)14-18-45/h5-10,21-22,39H,11-20,23-24H2,1-4H3,(H,38,46)(H,40,47)(H,41,48)/b31-22-. The van der Waals surface area contributed by atoms with Crippen molar-refractivity contribution < 1.29 is 19.2 Å². The number of carbonyl (C=O) groups excluding carboxylic acids is 3. The molecular formula is C37H48N8O4. The minimum absolute atomic E-state index is 0.144. The van der Waals surface area contributed by atoms with Crippen LogP contribution < -0.4 is 16.1 Å². The van der Waals surface area contributed by atoms with E-state index < -0.39 is 0 Å². The summed E-state index contributed by atoms with van der Waals surface area (Å²) in [6, 6.07) is 13.5. The molecule has 2 fully saturated rings. The van der Waals surface area contributed by atoms with E-state index in [4.69, 9.17) is 4.84 Å². The summed E-state index contributed by atoms with van der Waals surface area (Å²) < 4.78 is 0. The van der Waals surface area contributed by atoms with Gasteiger partial charge in [0.1, 0.15) is 0 Å². The van der Waals surface area contributed by atoms with Gasteiger partial charge in [0.2, 0.25) is 0 Å². The summed E-state index contributed by atoms with van der Waals surface area (Å²) in [5.41, 5.74) is 9.84. The maximum Gasteiger partial charge on any atom is 0.276 e. The molecule has 3 aliphatic heterocycles. The molecule has 0 saturated carbocycles. The number of nitrogens with one attached hydrogen (secondary N) is 4. The van der Waals surface area contributed by atoms with E-state index in [0.717, 1.165) is 82.1 Å². The lowest BCUT2D eigenvalue weighted by Crippen LogP contribution is -2.45. The number of hydrogen-bond donors (Lipinski definition) is 4. The van der Waals surface area contributed by atoms with Crippen molar-refractivity contribution in [1.82, 2.24) is 35.4 Å². The second-order valence-corrected chi connectivity index (χ2v) is 13.4. The normalized spacial score (nSPS) is 18.4. The lowest BCUT2D eigenvalue weighted by atomic mass is 10.0. The molecular weight excluding hydrogens is 620 g/mol. The Morgan fingerprint density at radius 1 is 0.857 bits per heavy atom. The summed E-state index contributed by atoms with van der Waals surface area (Å²) in [5, 5.41) is 5.95. The van der Waals surface area contributed by atoms with Crippen LogP contribution in [0, 0.1) is 13.8 Å². The number of aryl methyl sites for hydroxylation is 1. The number of aromatic nitrogens is 1. The van der Waals surface area contributed by atoms with Crippen molar-refractivity contribution in [2.45, 2.75) is 26.9 Å². The minimum Gasteiger partial charge on any atom is -0.358 e. The Bertz CT molecular complexity index is 1700. The van der Waals surface area contributed by atoms with Gasteiger partial charge in [0, 0.05) is 100 Å². The molecule has 49 heavy (non-hydrogen) atoms. The van der Waals surface area contributed by atoms with Gasteiger partial charge in [-0.2, -0.15) is 0 Å². The summed E-state index contributed by atoms with van der Waals surface area (Å²) in [6.45, 7) is 14.4. The van der Waals surface area contributed by atoms with Crippen molar-refractivity contribution in [2.75, 3.05) is 84.9 Å². The number of hydroxylamine groups is 1. The van der Waals surface area contributed by atoms with E-state index in [1.807, 2.05) is 56.3 Å². The zero-order valence-electron chi connectivity index (χ0n) is 29.0. The van der Waals surface area contributed by atoms with Crippen LogP contribution in [-0.4, -0.2) is 122 Å². The van der Waals surface area contributed by atoms with Crippen molar-refractivity contribution in [3.05, 3.63) is 87.2 Å². The maximum atomic E-state index is 13.1. The molecule has 12 nitrogen and oxygen atoms in total. The fraction of sp³-hybridized carbons (Fsp3) is 0.432. The van der Waals surface area contributed by atoms with E-state index >= 15 is 0 Å². The highest BCUT2D eigenvalue weighted by Gasteiger charge is 2.26. The summed E-state index contributed by atoms with van der Waals surface area (Å²) in [7, 11) is 4.27. The van der Waals surface area contributed by atoms with E-state index in [2.05, 4.69) is 54.8 Å². The number of amides is 3. The first kappa shape index (κ1) is 34.5. The molecule has 0 aliphatic carbocycles. The first-order valence-corrected chi connectivity index (χ1v) is 17.1. The van der Waals surface area contributed by atoms with E-state index in [9.17, 15) is 14.4 Å². The number of hydrogen-bond acceptors (Lipinski definition) is 8. The molecule has 3 amide bonds. The Hall–Kier alpha value is -4.33. The lowest BCUT2D eigenvalue weighted by molar-refractivity contribution is -0.110. The SMILES string of the molecule is Cc1[nH]c(/C=C2\C(=O)Nc3cc(CNC(=O)c4ccc(CN5CCN(C)CC5)cc4)ccc32)c(C)c1C(=O)NOCCN1CCN(C)CC1. The summed E-state index contributed by atoms with van der Waals surface area (Å²) in [5.74, 6) is -0.689. The van der Waals surface area contributed by atoms with Crippen LogP contribution in [0.2, 0.25) is 0 Å². The Kier molecular flexibility index (Phi) is 10.9. The number of anilines is 1. The van der Waals surface area contributed by atoms with Crippen LogP contribution in [0.4, 0.5) is 5.69 Å². The predicted molar refractivity (Wildman–Crippen MR) is 191 cm³/mol. The van der Waals surface area contributed by atoms with Crippen LogP contribution in [0.1, 0.15) is 54.4 Å². The predicted octanol–water partition coefficient (Wildman–Crippen LogP) is 2.71. The van der Waals surface area contributed by atoms with Crippen molar-refractivity contribution in [1.29, 1.82) is 0 Å². The third-order valence-corrected chi connectivity index (χ3v) is 9.80. The smallest absolute Gasteiger partial charge is 0.276 e. The molecule has 1 aromatic heterocycles. The molecule has 0 unspecified atom stereocenters. The second-order valence-electron chi connectivity index (χ2n) is 13.4. The van der Waals surface area contributed by atoms with E-state index in [0.29, 0.717) is 46.9 Å². The van der Waals surface area contributed by atoms with Crippen LogP contribution in [0.25, 0.3) is 11.6 Å². The van der Waals surface area contributed by atoms with E-state index in [1.54, 1.807) is 6.08 Å². The van der Waals surface area contributed by atoms with Crippen LogP contribution in [-0.2, 0) is 22.7 Å². The van der Waals surface area contributed by atoms with Gasteiger partial charge in [0.25, 0.3) is 17.7 Å². The molecule has 260 valence electrons. The molecule has 2 saturated heterocycles. The van der Waals surface area contributed by atoms with Gasteiger partial charge in [-0.15, -0.1) is 0 Å². The van der Waals surface area contributed by atoms with Crippen LogP contribution >= 0.6 is 0 Å². The molecule has 0 spiro atoms. The van der Waals surface area contributed by atoms with Crippen molar-refractivity contribution >= 4 is 35.1 Å². The number of aromatic amines is 1. The van der Waals surface area contributed by atoms with Gasteiger partial charge in [-0.3, -0.25) is 29.0 Å². The van der Waals surface area contributed by atoms with Crippen LogP contribution in [0.3, 0.4) is 0 Å². The van der Waals surface area contributed by atoms with Gasteiger partial charge in [-0.1, -0.05) is 24.3 Å². The van der Waals surface area contributed by atoms with Crippen LogP contribution in [0.5, 0.6) is 0 Å². The first-order valence-electron chi connectivity index (χ1n) is 17.1. The fourth-order valence-electron chi connectivity index (χ4n) is 6.62. The molecule has 0 bridgehead atoms. The molecule has 3 aromatic rings. The summed E-state index contributed by atoms with van der Waals surface area (Å²) in [4.78, 5) is 57.2. The Labute approximate surface area is 288 Å². The number of H-pyrrole nitrogens is 1. The minimum atomic E-state index is -0.321. The molecule has 3 aliphatic rings. The van der Waals surface area contributed by atoms with Gasteiger partial charge in [0.15, 0.2) is 0 Å². The van der Waals surface area contributed by atoms with Crippen molar-refractivity contribution in [3.63, 3.8) is 0 Å². The number of nitrogens with zero attached hydrogens (tertiary/aromatic N) is 4. The zero-order valence-corrected chi connectivity index (χ0v) is 29.0. The third kappa shape index (κ3) is 8.46. The number of piperazine rings is 2. The number of rotatable bonds is 11. The topological polar surface area (TPSA) is 125 Å². The molecule has 12 heteroatoms. The summed E-state index contributed by atoms with van der Waals surface area (Å²) >= 11 is 0. The average molecular weight is 669 g/mol. The largest absolute Gasteiger partial charge is 0.358 e. The molecule has 0 radical (unpaired) electrons. The second kappa shape index (κ2) is 15.5. The highest BCUT2D eigenvalue weighted by Crippen LogP contribution is 2.34. The van der Waals surface area contributed by atoms with Gasteiger partial charge in [-0.25, -0.2) is 5.48 Å². The Balaban J connectivity index is 1.03. The fourth-order valence-corrected chi connectivity index (χ4v) is 6.62. The van der Waals surface area contributed by atoms with Gasteiger partial charge >= 0.3 is 0 Å². The first-order chi connectivity index (χ1) is 23.6. The molecule has 2 aromatic carbocycles. The van der Waals surface area contributed by atoms with Crippen LogP contribution in [0.15, 0.2) is 42.5 Å². The average Bonchev–Trinajstić information content (AvgIpc) is 3.56. The number of fused-ring (bicyclic) bond motifs is 1. The summed E-state index contributed by atoms with van der Waals surface area (Å²) in [6.07, 6.45) is 1.78. The van der Waals surface area contributed by atoms with E-state index in [-0.39, 0.29) is 17.7 Å². The van der Waals surface area contributed by atoms with Crippen molar-refractivity contribution in [2.24, 2.45) is 0 Å². The number of carbonyl (C=O) groups is 3. The Morgan fingerprint density at radius 2 is 1.51 bits per heavy atom. The maximum absolute atomic E-state index is 13.1. The lowest BCUT2D eigenvalue weighted by Gasteiger charge is -2.32. The monoisotopic (exact) mass is 668 g/mol. The molecule has 0 atom stereocenters. The highest BCUT2D eigenvalue weighted by molar-refractivity contribution is 6.35. The zero-order chi connectivity index (χ0) is 34.5. The van der Waals surface area contributed by atoms with Gasteiger partial charge in [-0.05, 0) is 68.9 Å². The van der Waals surface area contributed by atoms with Crippen molar-refractivity contribution in [3.8, 4) is 0 Å². The van der Waals surface area contributed by atoms with Gasteiger partial charge in [0.05, 0.1) is 17.7 Å². The quantitative estimate of drug-likeness (QED) is 0.140. The van der Waals surface area contributed by atoms with Gasteiger partial charge < -0.3 is 25.4 Å². The highest BCUT2D eigenvalue weighted by atomic mass is 16.7. The number of benzene rings is 2. The molecule has 4 heterocycles. The van der Waals surface area contributed by atoms with E-state index in [1.165, 1.54) is 5.56 Å². The third-order valence-electron chi connectivity index (χ3n) is 9.80.